The third-order valence-corrected chi connectivity index (χ3v) is 4.38. The van der Waals surface area contributed by atoms with E-state index in [1.54, 1.807) is 11.8 Å². The van der Waals surface area contributed by atoms with E-state index in [-0.39, 0.29) is 5.41 Å². The summed E-state index contributed by atoms with van der Waals surface area (Å²) >= 11 is 5.23. The third-order valence-electron chi connectivity index (χ3n) is 2.73. The summed E-state index contributed by atoms with van der Waals surface area (Å²) in [6.45, 7) is 3.98. The number of rotatable bonds is 6. The Labute approximate surface area is 122 Å². The number of nitrogens with two attached hydrogens (primary N) is 1. The summed E-state index contributed by atoms with van der Waals surface area (Å²) in [4.78, 5) is 1.13. The summed E-state index contributed by atoms with van der Waals surface area (Å²) in [6.07, 6.45) is 3.15. The number of nitriles is 1. The highest BCUT2D eigenvalue weighted by Crippen LogP contribution is 2.29. The largest absolute Gasteiger partial charge is 0.398 e. The van der Waals surface area contributed by atoms with Gasteiger partial charge in [0.2, 0.25) is 0 Å². The standard InChI is InChI=1S/C14H19BrN2S/c1-14(2,10-16)7-3-4-8-18-13-9-11(15)5-6-12(13)17/h5-6,9H,3-4,7-8,17H2,1-2H3. The van der Waals surface area contributed by atoms with Crippen molar-refractivity contribution in [2.75, 3.05) is 11.5 Å². The van der Waals surface area contributed by atoms with E-state index in [1.165, 1.54) is 0 Å². The van der Waals surface area contributed by atoms with Crippen LogP contribution in [0.5, 0.6) is 0 Å². The van der Waals surface area contributed by atoms with Gasteiger partial charge in [-0.2, -0.15) is 5.26 Å². The van der Waals surface area contributed by atoms with E-state index in [1.807, 2.05) is 26.0 Å². The first kappa shape index (κ1) is 15.4. The molecule has 4 heteroatoms. The van der Waals surface area contributed by atoms with Crippen LogP contribution in [0.1, 0.15) is 33.1 Å². The number of unbranched alkanes of at least 4 members (excludes halogenated alkanes) is 1. The average molecular weight is 327 g/mol. The molecule has 0 bridgehead atoms. The third kappa shape index (κ3) is 5.32. The van der Waals surface area contributed by atoms with Crippen LogP contribution in [0.25, 0.3) is 0 Å². The molecular weight excluding hydrogens is 308 g/mol. The van der Waals surface area contributed by atoms with Crippen molar-refractivity contribution in [3.05, 3.63) is 22.7 Å². The highest BCUT2D eigenvalue weighted by molar-refractivity contribution is 9.10. The van der Waals surface area contributed by atoms with Crippen molar-refractivity contribution in [2.24, 2.45) is 5.41 Å². The Hall–Kier alpha value is -0.660. The van der Waals surface area contributed by atoms with Gasteiger partial charge in [0.25, 0.3) is 0 Å². The lowest BCUT2D eigenvalue weighted by atomic mass is 9.89. The van der Waals surface area contributed by atoms with E-state index in [0.29, 0.717) is 0 Å². The van der Waals surface area contributed by atoms with Crippen LogP contribution in [0.15, 0.2) is 27.6 Å². The van der Waals surface area contributed by atoms with E-state index in [2.05, 4.69) is 28.1 Å². The van der Waals surface area contributed by atoms with Gasteiger partial charge in [0.15, 0.2) is 0 Å². The predicted octanol–water partition coefficient (Wildman–Crippen LogP) is 4.84. The normalized spacial score (nSPS) is 11.2. The molecule has 98 valence electrons. The molecule has 0 saturated heterocycles. The lowest BCUT2D eigenvalue weighted by molar-refractivity contribution is 0.433. The number of halogens is 1. The monoisotopic (exact) mass is 326 g/mol. The molecule has 0 aliphatic carbocycles. The van der Waals surface area contributed by atoms with Crippen molar-refractivity contribution < 1.29 is 0 Å². The lowest BCUT2D eigenvalue weighted by Crippen LogP contribution is -2.07. The number of nitrogens with zero attached hydrogens (tertiary/aromatic N) is 1. The molecule has 0 atom stereocenters. The Morgan fingerprint density at radius 3 is 2.78 bits per heavy atom. The number of benzene rings is 1. The van der Waals surface area contributed by atoms with E-state index in [4.69, 9.17) is 11.0 Å². The summed E-state index contributed by atoms with van der Waals surface area (Å²) < 4.78 is 1.06. The van der Waals surface area contributed by atoms with Gasteiger partial charge in [-0.1, -0.05) is 22.4 Å². The first-order valence-electron chi connectivity index (χ1n) is 6.04. The fraction of sp³-hybridized carbons (Fsp3) is 0.500. The fourth-order valence-corrected chi connectivity index (χ4v) is 3.07. The van der Waals surface area contributed by atoms with Gasteiger partial charge in [-0.3, -0.25) is 0 Å². The van der Waals surface area contributed by atoms with Gasteiger partial charge >= 0.3 is 0 Å². The molecule has 0 amide bonds. The van der Waals surface area contributed by atoms with Crippen molar-refractivity contribution in [3.8, 4) is 6.07 Å². The maximum absolute atomic E-state index is 8.92. The molecule has 1 aromatic rings. The Morgan fingerprint density at radius 1 is 1.39 bits per heavy atom. The van der Waals surface area contributed by atoms with Crippen LogP contribution in [0.4, 0.5) is 5.69 Å². The zero-order valence-corrected chi connectivity index (χ0v) is 13.3. The molecule has 1 aromatic carbocycles. The first-order valence-corrected chi connectivity index (χ1v) is 7.81. The van der Waals surface area contributed by atoms with Crippen molar-refractivity contribution in [1.29, 1.82) is 5.26 Å². The summed E-state index contributed by atoms with van der Waals surface area (Å²) in [6, 6.07) is 8.26. The highest BCUT2D eigenvalue weighted by Gasteiger charge is 2.15. The fourth-order valence-electron chi connectivity index (χ4n) is 1.54. The van der Waals surface area contributed by atoms with Crippen LogP contribution in [0, 0.1) is 16.7 Å². The maximum atomic E-state index is 8.92. The number of nitrogen functional groups attached to an aromatic ring is 1. The van der Waals surface area contributed by atoms with E-state index < -0.39 is 0 Å². The number of anilines is 1. The molecule has 0 aliphatic rings. The predicted molar refractivity (Wildman–Crippen MR) is 82.5 cm³/mol. The molecule has 2 N–H and O–H groups in total. The van der Waals surface area contributed by atoms with Crippen LogP contribution in [-0.2, 0) is 0 Å². The second kappa shape index (κ2) is 7.06. The van der Waals surface area contributed by atoms with Crippen molar-refractivity contribution in [3.63, 3.8) is 0 Å². The minimum atomic E-state index is -0.195. The molecule has 0 aliphatic heterocycles. The first-order chi connectivity index (χ1) is 8.44. The van der Waals surface area contributed by atoms with Crippen LogP contribution in [0.3, 0.4) is 0 Å². The number of hydrogen-bond donors (Lipinski definition) is 1. The van der Waals surface area contributed by atoms with Crippen molar-refractivity contribution >= 4 is 33.4 Å². The second-order valence-corrected chi connectivity index (χ2v) is 7.04. The van der Waals surface area contributed by atoms with Gasteiger partial charge in [-0.15, -0.1) is 11.8 Å². The molecule has 2 nitrogen and oxygen atoms in total. The minimum Gasteiger partial charge on any atom is -0.398 e. The maximum Gasteiger partial charge on any atom is 0.0683 e. The molecule has 18 heavy (non-hydrogen) atoms. The Kier molecular flexibility index (Phi) is 6.04. The number of thioether (sulfide) groups is 1. The SMILES string of the molecule is CC(C)(C#N)CCCCSc1cc(Br)ccc1N. The molecule has 0 radical (unpaired) electrons. The highest BCUT2D eigenvalue weighted by atomic mass is 79.9. The van der Waals surface area contributed by atoms with Gasteiger partial charge in [-0.25, -0.2) is 0 Å². The molecule has 0 saturated carbocycles. The smallest absolute Gasteiger partial charge is 0.0683 e. The summed E-state index contributed by atoms with van der Waals surface area (Å²) in [7, 11) is 0. The summed E-state index contributed by atoms with van der Waals surface area (Å²) in [5, 5.41) is 8.92. The van der Waals surface area contributed by atoms with Crippen molar-refractivity contribution in [2.45, 2.75) is 38.0 Å². The minimum absolute atomic E-state index is 0.195. The van der Waals surface area contributed by atoms with Gasteiger partial charge in [0, 0.05) is 15.1 Å². The van der Waals surface area contributed by atoms with Crippen molar-refractivity contribution in [1.82, 2.24) is 0 Å². The molecule has 0 aromatic heterocycles. The van der Waals surface area contributed by atoms with Crippen LogP contribution < -0.4 is 5.73 Å². The zero-order valence-electron chi connectivity index (χ0n) is 10.9. The van der Waals surface area contributed by atoms with Crippen LogP contribution in [-0.4, -0.2) is 5.75 Å². The number of hydrogen-bond acceptors (Lipinski definition) is 3. The van der Waals surface area contributed by atoms with Gasteiger partial charge in [-0.05, 0) is 50.6 Å². The zero-order chi connectivity index (χ0) is 13.6. The van der Waals surface area contributed by atoms with Gasteiger partial charge in [0.05, 0.1) is 11.5 Å². The molecule has 0 spiro atoms. The van der Waals surface area contributed by atoms with E-state index in [0.717, 1.165) is 40.1 Å². The molecule has 0 fully saturated rings. The lowest BCUT2D eigenvalue weighted by Gasteiger charge is -2.14. The molecule has 0 unspecified atom stereocenters. The van der Waals surface area contributed by atoms with Crippen LogP contribution in [0.2, 0.25) is 0 Å². The van der Waals surface area contributed by atoms with Gasteiger partial charge < -0.3 is 5.73 Å². The van der Waals surface area contributed by atoms with Gasteiger partial charge in [0.1, 0.15) is 0 Å². The second-order valence-electron chi connectivity index (χ2n) is 4.98. The summed E-state index contributed by atoms with van der Waals surface area (Å²) in [5.74, 6) is 1.04. The van der Waals surface area contributed by atoms with E-state index in [9.17, 15) is 0 Å². The molecular formula is C14H19BrN2S. The van der Waals surface area contributed by atoms with Crippen LogP contribution >= 0.6 is 27.7 Å². The summed E-state index contributed by atoms with van der Waals surface area (Å²) in [5.41, 5.74) is 6.55. The average Bonchev–Trinajstić information content (AvgIpc) is 2.33. The Morgan fingerprint density at radius 2 is 2.11 bits per heavy atom. The van der Waals surface area contributed by atoms with E-state index >= 15 is 0 Å². The Balaban J connectivity index is 2.30. The molecule has 1 rings (SSSR count). The topological polar surface area (TPSA) is 49.8 Å². The quantitative estimate of drug-likeness (QED) is 0.462. The Bertz CT molecular complexity index is 438. The molecule has 0 heterocycles.